The molecule has 1 aliphatic carbocycles. The van der Waals surface area contributed by atoms with Crippen molar-refractivity contribution >= 4 is 11.8 Å². The van der Waals surface area contributed by atoms with E-state index in [-0.39, 0.29) is 24.5 Å². The summed E-state index contributed by atoms with van der Waals surface area (Å²) >= 11 is 0. The van der Waals surface area contributed by atoms with E-state index in [9.17, 15) is 9.59 Å². The molecule has 1 aliphatic heterocycles. The lowest BCUT2D eigenvalue weighted by Crippen LogP contribution is -2.55. The maximum absolute atomic E-state index is 13.0. The van der Waals surface area contributed by atoms with Gasteiger partial charge in [0.05, 0.1) is 13.2 Å². The molecule has 7 heteroatoms. The summed E-state index contributed by atoms with van der Waals surface area (Å²) < 4.78 is 11.0. The van der Waals surface area contributed by atoms with Crippen LogP contribution in [0.3, 0.4) is 0 Å². The number of ether oxygens (including phenoxy) is 2. The van der Waals surface area contributed by atoms with Crippen molar-refractivity contribution in [2.45, 2.75) is 37.6 Å². The third-order valence-electron chi connectivity index (χ3n) is 5.11. The highest BCUT2D eigenvalue weighted by Gasteiger charge is 2.47. The van der Waals surface area contributed by atoms with Gasteiger partial charge in [-0.3, -0.25) is 14.6 Å². The predicted octanol–water partition coefficient (Wildman–Crippen LogP) is 1.84. The minimum Gasteiger partial charge on any atom is -0.497 e. The van der Waals surface area contributed by atoms with Gasteiger partial charge in [0.15, 0.2) is 6.10 Å². The second-order valence-electron chi connectivity index (χ2n) is 7.06. The molecule has 28 heavy (non-hydrogen) atoms. The Bertz CT molecular complexity index is 836. The Morgan fingerprint density at radius 3 is 2.71 bits per heavy atom. The van der Waals surface area contributed by atoms with E-state index in [1.165, 1.54) is 0 Å². The number of hydrogen-bond donors (Lipinski definition) is 1. The van der Waals surface area contributed by atoms with Gasteiger partial charge < -0.3 is 19.7 Å². The average molecular weight is 381 g/mol. The Balaban J connectivity index is 1.57. The Labute approximate surface area is 163 Å². The predicted molar refractivity (Wildman–Crippen MR) is 101 cm³/mol. The molecule has 2 heterocycles. The van der Waals surface area contributed by atoms with E-state index in [2.05, 4.69) is 10.3 Å². The molecule has 146 valence electrons. The van der Waals surface area contributed by atoms with Crippen LogP contribution in [0, 0.1) is 0 Å². The molecule has 1 saturated heterocycles. The number of methoxy groups -OCH3 is 1. The Morgan fingerprint density at radius 1 is 1.29 bits per heavy atom. The van der Waals surface area contributed by atoms with Crippen molar-refractivity contribution in [1.82, 2.24) is 15.2 Å². The van der Waals surface area contributed by atoms with Crippen molar-refractivity contribution in [3.63, 3.8) is 0 Å². The molecule has 4 rings (SSSR count). The highest BCUT2D eigenvalue weighted by molar-refractivity contribution is 5.86. The Hall–Kier alpha value is -2.93. The van der Waals surface area contributed by atoms with Crippen molar-refractivity contribution in [2.24, 2.45) is 0 Å². The third kappa shape index (κ3) is 3.84. The van der Waals surface area contributed by atoms with Crippen LogP contribution in [-0.2, 0) is 20.9 Å². The van der Waals surface area contributed by atoms with Crippen molar-refractivity contribution < 1.29 is 19.1 Å². The molecule has 0 radical (unpaired) electrons. The first kappa shape index (κ1) is 18.4. The van der Waals surface area contributed by atoms with E-state index in [0.29, 0.717) is 6.54 Å². The first-order valence-electron chi connectivity index (χ1n) is 9.40. The number of benzene rings is 1. The van der Waals surface area contributed by atoms with Crippen LogP contribution in [-0.4, -0.2) is 47.6 Å². The highest BCUT2D eigenvalue weighted by atomic mass is 16.5. The number of carbonyl (C=O) groups is 2. The fraction of sp³-hybridized carbons (Fsp3) is 0.381. The molecule has 2 fully saturated rings. The minimum atomic E-state index is -0.761. The van der Waals surface area contributed by atoms with E-state index in [1.807, 2.05) is 41.3 Å². The van der Waals surface area contributed by atoms with E-state index < -0.39 is 12.1 Å². The number of nitrogens with one attached hydrogen (secondary N) is 1. The van der Waals surface area contributed by atoms with Crippen molar-refractivity contribution in [3.05, 3.63) is 59.9 Å². The number of morpholine rings is 1. The third-order valence-corrected chi connectivity index (χ3v) is 5.11. The van der Waals surface area contributed by atoms with Crippen molar-refractivity contribution in [3.8, 4) is 5.75 Å². The van der Waals surface area contributed by atoms with Gasteiger partial charge in [0.2, 0.25) is 5.91 Å². The zero-order valence-electron chi connectivity index (χ0n) is 15.7. The summed E-state index contributed by atoms with van der Waals surface area (Å²) in [6.07, 6.45) is 4.56. The van der Waals surface area contributed by atoms with E-state index >= 15 is 0 Å². The monoisotopic (exact) mass is 381 g/mol. The van der Waals surface area contributed by atoms with Gasteiger partial charge in [0.25, 0.3) is 5.91 Å². The van der Waals surface area contributed by atoms with Gasteiger partial charge >= 0.3 is 0 Å². The number of rotatable bonds is 6. The van der Waals surface area contributed by atoms with Gasteiger partial charge in [-0.05, 0) is 42.2 Å². The maximum atomic E-state index is 13.0. The standard InChI is InChI=1S/C21H23N3O4/c1-27-17-8-4-15(5-9-17)19-20(28-13-18(25)24(19)16-6-7-16)21(26)23-12-14-3-2-10-22-11-14/h2-5,8-11,16,19-20H,6-7,12-13H2,1H3,(H,23,26)/t19-,20+/m1/s1. The van der Waals surface area contributed by atoms with Gasteiger partial charge in [0.1, 0.15) is 12.4 Å². The van der Waals surface area contributed by atoms with Crippen LogP contribution < -0.4 is 10.1 Å². The van der Waals surface area contributed by atoms with E-state index in [1.54, 1.807) is 19.5 Å². The quantitative estimate of drug-likeness (QED) is 0.826. The normalized spacial score (nSPS) is 22.0. The smallest absolute Gasteiger partial charge is 0.251 e. The first-order chi connectivity index (χ1) is 13.7. The van der Waals surface area contributed by atoms with Crippen LogP contribution in [0.4, 0.5) is 0 Å². The van der Waals surface area contributed by atoms with Gasteiger partial charge in [-0.25, -0.2) is 0 Å². The van der Waals surface area contributed by atoms with Crippen LogP contribution in [0.5, 0.6) is 5.75 Å². The summed E-state index contributed by atoms with van der Waals surface area (Å²) in [4.78, 5) is 31.4. The Morgan fingerprint density at radius 2 is 2.07 bits per heavy atom. The number of pyridine rings is 1. The molecule has 1 N–H and O–H groups in total. The van der Waals surface area contributed by atoms with Crippen LogP contribution >= 0.6 is 0 Å². The van der Waals surface area contributed by atoms with Gasteiger partial charge in [-0.1, -0.05) is 18.2 Å². The number of aromatic nitrogens is 1. The molecule has 0 bridgehead atoms. The van der Waals surface area contributed by atoms with Crippen molar-refractivity contribution in [1.29, 1.82) is 0 Å². The largest absolute Gasteiger partial charge is 0.497 e. The summed E-state index contributed by atoms with van der Waals surface area (Å²) in [7, 11) is 1.60. The lowest BCUT2D eigenvalue weighted by atomic mass is 9.96. The summed E-state index contributed by atoms with van der Waals surface area (Å²) in [6, 6.07) is 10.9. The molecule has 0 spiro atoms. The van der Waals surface area contributed by atoms with E-state index in [0.717, 1.165) is 29.7 Å². The summed E-state index contributed by atoms with van der Waals surface area (Å²) in [6.45, 7) is 0.285. The fourth-order valence-corrected chi connectivity index (χ4v) is 3.56. The zero-order chi connectivity index (χ0) is 19.5. The topological polar surface area (TPSA) is 80.8 Å². The average Bonchev–Trinajstić information content (AvgIpc) is 3.57. The lowest BCUT2D eigenvalue weighted by molar-refractivity contribution is -0.165. The number of carbonyl (C=O) groups excluding carboxylic acids is 2. The summed E-state index contributed by atoms with van der Waals surface area (Å²) in [5.74, 6) is 0.421. The molecule has 0 unspecified atom stereocenters. The first-order valence-corrected chi connectivity index (χ1v) is 9.40. The van der Waals surface area contributed by atoms with Crippen LogP contribution in [0.15, 0.2) is 48.8 Å². The number of amides is 2. The molecular formula is C21H23N3O4. The van der Waals surface area contributed by atoms with Crippen LogP contribution in [0.1, 0.15) is 30.0 Å². The maximum Gasteiger partial charge on any atom is 0.251 e. The molecule has 1 saturated carbocycles. The number of hydrogen-bond acceptors (Lipinski definition) is 5. The molecule has 2 amide bonds. The molecule has 7 nitrogen and oxygen atoms in total. The molecule has 2 aromatic rings. The highest BCUT2D eigenvalue weighted by Crippen LogP contribution is 2.39. The molecule has 2 atom stereocenters. The molecule has 1 aromatic heterocycles. The number of nitrogens with zero attached hydrogens (tertiary/aromatic N) is 2. The van der Waals surface area contributed by atoms with Crippen LogP contribution in [0.25, 0.3) is 0 Å². The fourth-order valence-electron chi connectivity index (χ4n) is 3.56. The molecule has 2 aliphatic rings. The molecule has 1 aromatic carbocycles. The van der Waals surface area contributed by atoms with Gasteiger partial charge in [0, 0.05) is 25.0 Å². The lowest BCUT2D eigenvalue weighted by Gasteiger charge is -2.40. The minimum absolute atomic E-state index is 0.0698. The zero-order valence-corrected chi connectivity index (χ0v) is 15.7. The second-order valence-corrected chi connectivity index (χ2v) is 7.06. The van der Waals surface area contributed by atoms with Crippen LogP contribution in [0.2, 0.25) is 0 Å². The van der Waals surface area contributed by atoms with Gasteiger partial charge in [-0.2, -0.15) is 0 Å². The summed E-state index contributed by atoms with van der Waals surface area (Å²) in [5.41, 5.74) is 1.77. The Kier molecular flexibility index (Phi) is 5.25. The SMILES string of the molecule is COc1ccc([C@@H]2[C@@H](C(=O)NCc3cccnc3)OCC(=O)N2C2CC2)cc1. The second kappa shape index (κ2) is 7.98. The molecular weight excluding hydrogens is 358 g/mol. The van der Waals surface area contributed by atoms with E-state index in [4.69, 9.17) is 9.47 Å². The van der Waals surface area contributed by atoms with Gasteiger partial charge in [-0.15, -0.1) is 0 Å². The van der Waals surface area contributed by atoms with Crippen molar-refractivity contribution in [2.75, 3.05) is 13.7 Å². The summed E-state index contributed by atoms with van der Waals surface area (Å²) in [5, 5.41) is 2.92.